The van der Waals surface area contributed by atoms with Gasteiger partial charge in [0.2, 0.25) is 0 Å². The fourth-order valence-electron chi connectivity index (χ4n) is 3.49. The SMILES string of the molecule is Nc1nc2ccc(-c3cnc4ccccc4c3)cn2c1C(O)[C@@H]1C[C@@H]1F. The molecular weight excluding hydrogens is 331 g/mol. The highest BCUT2D eigenvalue weighted by atomic mass is 19.1. The van der Waals surface area contributed by atoms with Crippen LogP contribution in [0.3, 0.4) is 0 Å². The van der Waals surface area contributed by atoms with Crippen LogP contribution in [-0.2, 0) is 0 Å². The third-order valence-corrected chi connectivity index (χ3v) is 5.05. The molecule has 1 fully saturated rings. The molecule has 0 radical (unpaired) electrons. The van der Waals surface area contributed by atoms with E-state index in [1.54, 1.807) is 4.40 Å². The molecule has 0 aliphatic heterocycles. The second-order valence-corrected chi connectivity index (χ2v) is 6.81. The van der Waals surface area contributed by atoms with Crippen LogP contribution in [0.2, 0.25) is 0 Å². The molecule has 130 valence electrons. The topological polar surface area (TPSA) is 76.4 Å². The lowest BCUT2D eigenvalue weighted by molar-refractivity contribution is 0.137. The molecule has 0 amide bonds. The lowest BCUT2D eigenvalue weighted by Gasteiger charge is -2.11. The summed E-state index contributed by atoms with van der Waals surface area (Å²) in [5.41, 5.74) is 9.90. The summed E-state index contributed by atoms with van der Waals surface area (Å²) in [6.45, 7) is 0. The van der Waals surface area contributed by atoms with Crippen LogP contribution >= 0.6 is 0 Å². The van der Waals surface area contributed by atoms with Crippen molar-refractivity contribution >= 4 is 22.4 Å². The van der Waals surface area contributed by atoms with Crippen molar-refractivity contribution in [3.8, 4) is 11.1 Å². The Bertz CT molecular complexity index is 1140. The number of aliphatic hydroxyl groups is 1. The van der Waals surface area contributed by atoms with Crippen molar-refractivity contribution in [2.24, 2.45) is 5.92 Å². The maximum Gasteiger partial charge on any atom is 0.148 e. The largest absolute Gasteiger partial charge is 0.386 e. The lowest BCUT2D eigenvalue weighted by Crippen LogP contribution is -2.08. The number of para-hydroxylation sites is 1. The molecule has 5 nitrogen and oxygen atoms in total. The molecule has 3 atom stereocenters. The van der Waals surface area contributed by atoms with Gasteiger partial charge in [-0.15, -0.1) is 0 Å². The lowest BCUT2D eigenvalue weighted by atomic mass is 10.1. The van der Waals surface area contributed by atoms with Crippen molar-refractivity contribution in [3.63, 3.8) is 0 Å². The first-order chi connectivity index (χ1) is 12.6. The molecule has 1 saturated carbocycles. The molecule has 4 aromatic rings. The number of fused-ring (bicyclic) bond motifs is 2. The van der Waals surface area contributed by atoms with Crippen LogP contribution in [0.5, 0.6) is 0 Å². The Morgan fingerprint density at radius 1 is 1.19 bits per heavy atom. The highest BCUT2D eigenvalue weighted by Crippen LogP contribution is 2.45. The molecule has 3 heterocycles. The van der Waals surface area contributed by atoms with Gasteiger partial charge in [0.05, 0.1) is 11.2 Å². The molecule has 0 spiro atoms. The highest BCUT2D eigenvalue weighted by Gasteiger charge is 2.45. The number of hydrogen-bond acceptors (Lipinski definition) is 4. The van der Waals surface area contributed by atoms with Gasteiger partial charge >= 0.3 is 0 Å². The van der Waals surface area contributed by atoms with E-state index in [1.165, 1.54) is 0 Å². The van der Waals surface area contributed by atoms with E-state index in [9.17, 15) is 9.50 Å². The van der Waals surface area contributed by atoms with Crippen molar-refractivity contribution in [1.82, 2.24) is 14.4 Å². The molecule has 0 saturated heterocycles. The van der Waals surface area contributed by atoms with E-state index in [0.29, 0.717) is 17.8 Å². The number of alkyl halides is 1. The number of nitrogens with zero attached hydrogens (tertiary/aromatic N) is 3. The second kappa shape index (κ2) is 5.51. The molecule has 5 rings (SSSR count). The van der Waals surface area contributed by atoms with E-state index in [2.05, 4.69) is 16.0 Å². The van der Waals surface area contributed by atoms with Gasteiger partial charge in [-0.2, -0.15) is 0 Å². The van der Waals surface area contributed by atoms with Gasteiger partial charge in [0.25, 0.3) is 0 Å². The third kappa shape index (κ3) is 2.34. The average Bonchev–Trinajstić information content (AvgIpc) is 3.29. The fourth-order valence-corrected chi connectivity index (χ4v) is 3.49. The van der Waals surface area contributed by atoms with Crippen molar-refractivity contribution in [1.29, 1.82) is 0 Å². The summed E-state index contributed by atoms with van der Waals surface area (Å²) in [6, 6.07) is 13.8. The van der Waals surface area contributed by atoms with Crippen LogP contribution in [0.1, 0.15) is 18.2 Å². The third-order valence-electron chi connectivity index (χ3n) is 5.05. The highest BCUT2D eigenvalue weighted by molar-refractivity contribution is 5.83. The molecule has 1 aliphatic carbocycles. The van der Waals surface area contributed by atoms with Gasteiger partial charge in [-0.05, 0) is 30.7 Å². The molecule has 1 unspecified atom stereocenters. The zero-order valence-corrected chi connectivity index (χ0v) is 13.9. The molecule has 1 aliphatic rings. The van der Waals surface area contributed by atoms with Gasteiger partial charge in [-0.25, -0.2) is 9.37 Å². The van der Waals surface area contributed by atoms with Crippen LogP contribution in [0, 0.1) is 5.92 Å². The number of nitrogens with two attached hydrogens (primary N) is 1. The maximum absolute atomic E-state index is 13.4. The van der Waals surface area contributed by atoms with Gasteiger partial charge < -0.3 is 10.8 Å². The molecular formula is C20H17FN4O. The standard InChI is InChI=1S/C20H17FN4O/c21-15-8-14(15)19(26)18-20(22)24-17-6-5-12(10-25(17)18)13-7-11-3-1-2-4-16(11)23-9-13/h1-7,9-10,14-15,19,26H,8,22H2/t14-,15+,19?/m1/s1. The number of halogens is 1. The summed E-state index contributed by atoms with van der Waals surface area (Å²) in [7, 11) is 0. The smallest absolute Gasteiger partial charge is 0.148 e. The summed E-state index contributed by atoms with van der Waals surface area (Å²) in [6.07, 6.45) is 2.13. The van der Waals surface area contributed by atoms with Crippen LogP contribution in [0.25, 0.3) is 27.7 Å². The Morgan fingerprint density at radius 2 is 2.00 bits per heavy atom. The van der Waals surface area contributed by atoms with Crippen molar-refractivity contribution in [2.45, 2.75) is 18.7 Å². The van der Waals surface area contributed by atoms with Gasteiger partial charge in [0.1, 0.15) is 23.7 Å². The van der Waals surface area contributed by atoms with Crippen LogP contribution < -0.4 is 5.73 Å². The number of aliphatic hydroxyl groups excluding tert-OH is 1. The zero-order chi connectivity index (χ0) is 17.8. The Hall–Kier alpha value is -2.99. The van der Waals surface area contributed by atoms with Crippen molar-refractivity contribution < 1.29 is 9.50 Å². The second-order valence-electron chi connectivity index (χ2n) is 6.81. The fraction of sp³-hybridized carbons (Fsp3) is 0.200. The molecule has 26 heavy (non-hydrogen) atoms. The number of hydrogen-bond donors (Lipinski definition) is 2. The predicted octanol–water partition coefficient (Wildman–Crippen LogP) is 3.52. The van der Waals surface area contributed by atoms with Crippen molar-refractivity contribution in [3.05, 3.63) is 60.6 Å². The minimum atomic E-state index is -0.970. The number of aromatic nitrogens is 3. The summed E-state index contributed by atoms with van der Waals surface area (Å²) in [5, 5.41) is 11.6. The number of rotatable bonds is 3. The van der Waals surface area contributed by atoms with E-state index in [0.717, 1.165) is 22.0 Å². The first-order valence-electron chi connectivity index (χ1n) is 8.56. The van der Waals surface area contributed by atoms with Crippen molar-refractivity contribution in [2.75, 3.05) is 5.73 Å². The summed E-state index contributed by atoms with van der Waals surface area (Å²) in [5.74, 6) is -0.159. The number of benzene rings is 1. The zero-order valence-electron chi connectivity index (χ0n) is 13.9. The first-order valence-corrected chi connectivity index (χ1v) is 8.56. The van der Waals surface area contributed by atoms with Gasteiger partial charge in [0.15, 0.2) is 0 Å². The van der Waals surface area contributed by atoms with Crippen LogP contribution in [-0.4, -0.2) is 25.6 Å². The van der Waals surface area contributed by atoms with Crippen LogP contribution in [0.4, 0.5) is 10.2 Å². The predicted molar refractivity (Wildman–Crippen MR) is 98.3 cm³/mol. The molecule has 6 heteroatoms. The first kappa shape index (κ1) is 15.3. The Balaban J connectivity index is 1.64. The Kier molecular flexibility index (Phi) is 3.24. The monoisotopic (exact) mass is 348 g/mol. The minimum Gasteiger partial charge on any atom is -0.386 e. The molecule has 3 N–H and O–H groups in total. The molecule has 3 aromatic heterocycles. The van der Waals surface area contributed by atoms with E-state index >= 15 is 0 Å². The minimum absolute atomic E-state index is 0.241. The molecule has 0 bridgehead atoms. The van der Waals surface area contributed by atoms with Crippen LogP contribution in [0.15, 0.2) is 54.9 Å². The van der Waals surface area contributed by atoms with Gasteiger partial charge in [-0.3, -0.25) is 9.38 Å². The normalized spacial score (nSPS) is 20.5. The quantitative estimate of drug-likeness (QED) is 0.594. The summed E-state index contributed by atoms with van der Waals surface area (Å²) < 4.78 is 15.2. The number of anilines is 1. The Morgan fingerprint density at radius 3 is 2.81 bits per heavy atom. The average molecular weight is 348 g/mol. The van der Waals surface area contributed by atoms with Gasteiger partial charge in [-0.1, -0.05) is 18.2 Å². The van der Waals surface area contributed by atoms with E-state index < -0.39 is 18.2 Å². The van der Waals surface area contributed by atoms with E-state index in [4.69, 9.17) is 5.73 Å². The molecule has 1 aromatic carbocycles. The Labute approximate surface area is 148 Å². The van der Waals surface area contributed by atoms with Gasteiger partial charge in [0, 0.05) is 34.8 Å². The summed E-state index contributed by atoms with van der Waals surface area (Å²) in [4.78, 5) is 8.80. The summed E-state index contributed by atoms with van der Waals surface area (Å²) >= 11 is 0. The number of nitrogen functional groups attached to an aromatic ring is 1. The van der Waals surface area contributed by atoms with E-state index in [1.807, 2.05) is 48.8 Å². The maximum atomic E-state index is 13.4. The van der Waals surface area contributed by atoms with E-state index in [-0.39, 0.29) is 5.82 Å². The number of pyridine rings is 2. The number of imidazole rings is 1.